The molecule has 9 N–H and O–H groups in total. The Kier molecular flexibility index (Phi) is 6.37. The van der Waals surface area contributed by atoms with Crippen LogP contribution in [0, 0.1) is 0 Å². The lowest BCUT2D eigenvalue weighted by Gasteiger charge is -2.38. The van der Waals surface area contributed by atoms with Crippen LogP contribution in [0.5, 0.6) is 0 Å². The van der Waals surface area contributed by atoms with Crippen molar-refractivity contribution in [1.29, 1.82) is 0 Å². The van der Waals surface area contributed by atoms with Crippen molar-refractivity contribution in [2.75, 3.05) is 36.8 Å². The van der Waals surface area contributed by atoms with Gasteiger partial charge in [0.15, 0.2) is 39.9 Å². The summed E-state index contributed by atoms with van der Waals surface area (Å²) in [6.07, 6.45) is 4.45. The molecule has 0 atom stereocenters. The number of imidazole rings is 1. The smallest absolute Gasteiger partial charge is 0.302 e. The molecule has 37 heavy (non-hydrogen) atoms. The summed E-state index contributed by atoms with van der Waals surface area (Å²) in [6, 6.07) is 0. The van der Waals surface area contributed by atoms with E-state index in [0.717, 1.165) is 5.82 Å². The number of anilines is 3. The standard InChI is InChI=1S/C21H26ClN13O2/c22-14-17(25)32-16(24)13(31-14)19(37)33-20-26-8-21(34-20)4-6-35(7-5-21)11(36)3-1-2-10-29-12-15(23)27-9-28-18(12)30-10/h9H,1-8H2,(H4,24,25,32)(H2,26,33,34,37)(H3,23,27,28,29,30). The first-order valence-electron chi connectivity index (χ1n) is 11.7. The van der Waals surface area contributed by atoms with Crippen LogP contribution in [0.1, 0.15) is 42.0 Å². The molecule has 0 saturated carbocycles. The number of guanidine groups is 1. The summed E-state index contributed by atoms with van der Waals surface area (Å²) in [7, 11) is 0. The van der Waals surface area contributed by atoms with Gasteiger partial charge in [-0.15, -0.1) is 0 Å². The van der Waals surface area contributed by atoms with Crippen LogP contribution in [-0.4, -0.2) is 77.8 Å². The SMILES string of the molecule is Nc1nc(N)c(C(=O)/N=C2\NCC3(CCN(C(=O)CCCc4nc5c(N)ncnc5[nH]4)CC3)N2)nc1Cl. The number of H-pyrrole nitrogens is 1. The van der Waals surface area contributed by atoms with E-state index >= 15 is 0 Å². The normalized spacial score (nSPS) is 17.8. The third kappa shape index (κ3) is 5.02. The number of nitrogens with two attached hydrogens (primary N) is 3. The van der Waals surface area contributed by atoms with Crippen molar-refractivity contribution in [3.8, 4) is 0 Å². The maximum Gasteiger partial charge on any atom is 0.302 e. The Morgan fingerprint density at radius 3 is 2.62 bits per heavy atom. The molecule has 0 unspecified atom stereocenters. The third-order valence-electron chi connectivity index (χ3n) is 6.54. The fourth-order valence-corrected chi connectivity index (χ4v) is 4.60. The molecule has 5 heterocycles. The van der Waals surface area contributed by atoms with Gasteiger partial charge in [0.2, 0.25) is 5.91 Å². The summed E-state index contributed by atoms with van der Waals surface area (Å²) < 4.78 is 0. The van der Waals surface area contributed by atoms with Crippen molar-refractivity contribution in [1.82, 2.24) is 45.4 Å². The van der Waals surface area contributed by atoms with Crippen LogP contribution < -0.4 is 27.8 Å². The molecule has 0 aliphatic carbocycles. The number of amides is 2. The largest absolute Gasteiger partial charge is 0.382 e. The molecule has 3 aromatic rings. The lowest BCUT2D eigenvalue weighted by molar-refractivity contribution is -0.132. The highest BCUT2D eigenvalue weighted by Gasteiger charge is 2.40. The Morgan fingerprint density at radius 2 is 1.86 bits per heavy atom. The van der Waals surface area contributed by atoms with E-state index in [1.54, 1.807) is 0 Å². The number of piperidine rings is 1. The molecule has 0 aromatic carbocycles. The van der Waals surface area contributed by atoms with Gasteiger partial charge < -0.3 is 37.7 Å². The monoisotopic (exact) mass is 527 g/mol. The van der Waals surface area contributed by atoms with Crippen LogP contribution in [0.2, 0.25) is 5.15 Å². The minimum atomic E-state index is -0.689. The zero-order valence-corrected chi connectivity index (χ0v) is 20.5. The summed E-state index contributed by atoms with van der Waals surface area (Å²) in [4.78, 5) is 54.5. The molecule has 2 aliphatic heterocycles. The van der Waals surface area contributed by atoms with E-state index in [0.29, 0.717) is 74.7 Å². The van der Waals surface area contributed by atoms with Gasteiger partial charge in [0.25, 0.3) is 0 Å². The van der Waals surface area contributed by atoms with Crippen molar-refractivity contribution in [3.05, 3.63) is 23.0 Å². The van der Waals surface area contributed by atoms with Crippen molar-refractivity contribution in [2.24, 2.45) is 4.99 Å². The summed E-state index contributed by atoms with van der Waals surface area (Å²) in [6.45, 7) is 1.76. The summed E-state index contributed by atoms with van der Waals surface area (Å²) >= 11 is 5.86. The fourth-order valence-electron chi connectivity index (χ4n) is 4.48. The zero-order valence-electron chi connectivity index (χ0n) is 19.8. The maximum atomic E-state index is 12.8. The predicted octanol–water partition coefficient (Wildman–Crippen LogP) is -0.384. The Hall–Kier alpha value is -4.27. The van der Waals surface area contributed by atoms with E-state index in [1.807, 2.05) is 4.90 Å². The van der Waals surface area contributed by atoms with Gasteiger partial charge in [-0.3, -0.25) is 9.59 Å². The molecule has 2 aliphatic rings. The third-order valence-corrected chi connectivity index (χ3v) is 6.81. The lowest BCUT2D eigenvalue weighted by atomic mass is 9.88. The Bertz CT molecular complexity index is 1400. The van der Waals surface area contributed by atoms with E-state index < -0.39 is 5.91 Å². The average molecular weight is 528 g/mol. The number of carbonyl (C=O) groups is 2. The van der Waals surface area contributed by atoms with Crippen LogP contribution in [-0.2, 0) is 11.2 Å². The molecular weight excluding hydrogens is 502 g/mol. The van der Waals surface area contributed by atoms with Gasteiger partial charge >= 0.3 is 5.91 Å². The highest BCUT2D eigenvalue weighted by Crippen LogP contribution is 2.25. The number of rotatable bonds is 5. The number of nitrogens with one attached hydrogen (secondary N) is 3. The number of aromatic amines is 1. The maximum absolute atomic E-state index is 12.8. The Balaban J connectivity index is 1.11. The van der Waals surface area contributed by atoms with E-state index in [1.165, 1.54) is 6.33 Å². The number of halogens is 1. The molecule has 1 spiro atoms. The molecule has 0 bridgehead atoms. The topological polar surface area (TPSA) is 232 Å². The average Bonchev–Trinajstić information content (AvgIpc) is 3.46. The molecule has 2 saturated heterocycles. The zero-order chi connectivity index (χ0) is 26.2. The van der Waals surface area contributed by atoms with Gasteiger partial charge in [-0.1, -0.05) is 11.6 Å². The van der Waals surface area contributed by atoms with Gasteiger partial charge in [-0.25, -0.2) is 24.9 Å². The van der Waals surface area contributed by atoms with Crippen LogP contribution >= 0.6 is 11.6 Å². The van der Waals surface area contributed by atoms with Crippen LogP contribution in [0.4, 0.5) is 17.5 Å². The molecule has 2 fully saturated rings. The van der Waals surface area contributed by atoms with Crippen molar-refractivity contribution in [3.63, 3.8) is 0 Å². The first-order chi connectivity index (χ1) is 17.7. The van der Waals surface area contributed by atoms with Gasteiger partial charge in [0.1, 0.15) is 17.7 Å². The number of hydrogen-bond donors (Lipinski definition) is 6. The molecular formula is C21H26ClN13O2. The predicted molar refractivity (Wildman–Crippen MR) is 136 cm³/mol. The first-order valence-corrected chi connectivity index (χ1v) is 12.1. The first kappa shape index (κ1) is 24.4. The second kappa shape index (κ2) is 9.65. The number of aliphatic imine (C=N–C) groups is 1. The number of aromatic nitrogens is 6. The Morgan fingerprint density at radius 1 is 1.08 bits per heavy atom. The number of carbonyl (C=O) groups excluding carboxylic acids is 2. The molecule has 2 amide bonds. The minimum absolute atomic E-state index is 0.0599. The van der Waals surface area contributed by atoms with Gasteiger partial charge in [0.05, 0.1) is 5.54 Å². The van der Waals surface area contributed by atoms with Crippen molar-refractivity contribution < 1.29 is 9.59 Å². The van der Waals surface area contributed by atoms with E-state index in [9.17, 15) is 9.59 Å². The molecule has 16 heteroatoms. The highest BCUT2D eigenvalue weighted by atomic mass is 35.5. The van der Waals surface area contributed by atoms with Gasteiger partial charge in [-0.2, -0.15) is 4.99 Å². The van der Waals surface area contributed by atoms with Crippen LogP contribution in [0.15, 0.2) is 11.3 Å². The number of fused-ring (bicyclic) bond motifs is 1. The summed E-state index contributed by atoms with van der Waals surface area (Å²) in [5, 5.41) is 6.29. The number of nitrogens with zero attached hydrogens (tertiary/aromatic N) is 7. The van der Waals surface area contributed by atoms with Crippen molar-refractivity contribution >= 4 is 58.0 Å². The minimum Gasteiger partial charge on any atom is -0.382 e. The second-order valence-corrected chi connectivity index (χ2v) is 9.39. The molecule has 3 aromatic heterocycles. The highest BCUT2D eigenvalue weighted by molar-refractivity contribution is 6.31. The molecule has 5 rings (SSSR count). The second-order valence-electron chi connectivity index (χ2n) is 9.03. The summed E-state index contributed by atoms with van der Waals surface area (Å²) in [5.41, 5.74) is 17.8. The fraction of sp³-hybridized carbons (Fsp3) is 0.429. The number of likely N-dealkylation sites (tertiary alicyclic amines) is 1. The molecule has 0 radical (unpaired) electrons. The summed E-state index contributed by atoms with van der Waals surface area (Å²) in [5.74, 6) is 0.564. The van der Waals surface area contributed by atoms with E-state index in [4.69, 9.17) is 28.8 Å². The quantitative estimate of drug-likeness (QED) is 0.249. The number of hydrogen-bond acceptors (Lipinski definition) is 10. The van der Waals surface area contributed by atoms with Gasteiger partial charge in [0, 0.05) is 32.5 Å². The Labute approximate surface area is 215 Å². The van der Waals surface area contributed by atoms with Crippen LogP contribution in [0.3, 0.4) is 0 Å². The number of nitrogen functional groups attached to an aromatic ring is 3. The molecule has 194 valence electrons. The van der Waals surface area contributed by atoms with E-state index in [2.05, 4.69) is 45.5 Å². The van der Waals surface area contributed by atoms with Crippen molar-refractivity contribution in [2.45, 2.75) is 37.6 Å². The van der Waals surface area contributed by atoms with E-state index in [-0.39, 0.29) is 33.9 Å². The van der Waals surface area contributed by atoms with Crippen LogP contribution in [0.25, 0.3) is 11.2 Å². The van der Waals surface area contributed by atoms with Gasteiger partial charge in [-0.05, 0) is 19.3 Å². The lowest BCUT2D eigenvalue weighted by Crippen LogP contribution is -2.53. The number of aryl methyl sites for hydroxylation is 1. The molecule has 15 nitrogen and oxygen atoms in total.